The number of rotatable bonds is 4. The van der Waals surface area contributed by atoms with Crippen LogP contribution in [0.5, 0.6) is 0 Å². The summed E-state index contributed by atoms with van der Waals surface area (Å²) < 4.78 is 1.80. The van der Waals surface area contributed by atoms with Crippen LogP contribution >= 0.6 is 0 Å². The smallest absolute Gasteiger partial charge is 0.255 e. The molecule has 3 rings (SSSR count). The Labute approximate surface area is 147 Å². The Morgan fingerprint density at radius 1 is 1.40 bits per heavy atom. The van der Waals surface area contributed by atoms with E-state index in [2.05, 4.69) is 29.0 Å². The molecular formula is C18H25N5O2. The molecule has 1 fully saturated rings. The van der Waals surface area contributed by atoms with Gasteiger partial charge in [0, 0.05) is 31.9 Å². The SMILES string of the molecule is CC(C)c1ccc(C(=O)N2CCCC(O)(Cc3nncn3C)C2)cn1. The van der Waals surface area contributed by atoms with E-state index in [1.807, 2.05) is 19.2 Å². The number of carbonyl (C=O) groups is 1. The second-order valence-electron chi connectivity index (χ2n) is 7.22. The minimum Gasteiger partial charge on any atom is -0.388 e. The van der Waals surface area contributed by atoms with E-state index in [-0.39, 0.29) is 5.91 Å². The zero-order valence-electron chi connectivity index (χ0n) is 15.0. The van der Waals surface area contributed by atoms with Crippen LogP contribution < -0.4 is 0 Å². The van der Waals surface area contributed by atoms with Gasteiger partial charge in [0.1, 0.15) is 12.2 Å². The largest absolute Gasteiger partial charge is 0.388 e. The van der Waals surface area contributed by atoms with Crippen molar-refractivity contribution in [2.24, 2.45) is 7.05 Å². The van der Waals surface area contributed by atoms with Gasteiger partial charge in [0.25, 0.3) is 5.91 Å². The van der Waals surface area contributed by atoms with Gasteiger partial charge >= 0.3 is 0 Å². The van der Waals surface area contributed by atoms with Gasteiger partial charge in [0.15, 0.2) is 0 Å². The second kappa shape index (κ2) is 6.92. The van der Waals surface area contributed by atoms with E-state index in [1.54, 1.807) is 22.0 Å². The van der Waals surface area contributed by atoms with Crippen molar-refractivity contribution in [2.75, 3.05) is 13.1 Å². The van der Waals surface area contributed by atoms with E-state index in [0.29, 0.717) is 37.4 Å². The summed E-state index contributed by atoms with van der Waals surface area (Å²) in [5, 5.41) is 18.9. The van der Waals surface area contributed by atoms with Gasteiger partial charge in [-0.25, -0.2) is 0 Å². The summed E-state index contributed by atoms with van der Waals surface area (Å²) in [4.78, 5) is 18.9. The molecule has 134 valence electrons. The first-order valence-electron chi connectivity index (χ1n) is 8.68. The van der Waals surface area contributed by atoms with Gasteiger partial charge in [-0.05, 0) is 30.9 Å². The average Bonchev–Trinajstić information content (AvgIpc) is 2.98. The zero-order valence-corrected chi connectivity index (χ0v) is 15.0. The van der Waals surface area contributed by atoms with Gasteiger partial charge in [-0.2, -0.15) is 0 Å². The van der Waals surface area contributed by atoms with Gasteiger partial charge in [-0.1, -0.05) is 13.8 Å². The topological polar surface area (TPSA) is 84.1 Å². The van der Waals surface area contributed by atoms with Crippen molar-refractivity contribution in [1.29, 1.82) is 0 Å². The van der Waals surface area contributed by atoms with Crippen molar-refractivity contribution in [1.82, 2.24) is 24.6 Å². The number of carbonyl (C=O) groups excluding carboxylic acids is 1. The van der Waals surface area contributed by atoms with Gasteiger partial charge in [0.05, 0.1) is 17.7 Å². The fraction of sp³-hybridized carbons (Fsp3) is 0.556. The molecule has 0 aromatic carbocycles. The average molecular weight is 343 g/mol. The monoisotopic (exact) mass is 343 g/mol. The fourth-order valence-corrected chi connectivity index (χ4v) is 3.25. The number of hydrogen-bond donors (Lipinski definition) is 1. The van der Waals surface area contributed by atoms with Crippen molar-refractivity contribution in [3.05, 3.63) is 41.7 Å². The summed E-state index contributed by atoms with van der Waals surface area (Å²) in [7, 11) is 1.85. The molecule has 7 heteroatoms. The normalized spacial score (nSPS) is 20.9. The number of nitrogens with zero attached hydrogens (tertiary/aromatic N) is 5. The van der Waals surface area contributed by atoms with Gasteiger partial charge < -0.3 is 14.6 Å². The van der Waals surface area contributed by atoms with Crippen LogP contribution in [0.2, 0.25) is 0 Å². The van der Waals surface area contributed by atoms with E-state index < -0.39 is 5.60 Å². The molecule has 0 radical (unpaired) electrons. The Bertz CT molecular complexity index is 740. The molecule has 2 aromatic rings. The third-order valence-electron chi connectivity index (χ3n) is 4.76. The number of piperidine rings is 1. The lowest BCUT2D eigenvalue weighted by molar-refractivity contribution is -0.0258. The summed E-state index contributed by atoms with van der Waals surface area (Å²) in [5.74, 6) is 0.967. The summed E-state index contributed by atoms with van der Waals surface area (Å²) in [6.45, 7) is 5.08. The maximum Gasteiger partial charge on any atom is 0.255 e. The summed E-state index contributed by atoms with van der Waals surface area (Å²) in [6, 6.07) is 3.72. The van der Waals surface area contributed by atoms with Gasteiger partial charge in [0.2, 0.25) is 0 Å². The standard InChI is InChI=1S/C18H25N5O2/c1-13(2)15-6-5-14(10-19-15)17(24)23-8-4-7-18(25,11-23)9-16-21-20-12-22(16)3/h5-6,10,12-13,25H,4,7-9,11H2,1-3H3. The van der Waals surface area contributed by atoms with E-state index >= 15 is 0 Å². The molecule has 0 aliphatic carbocycles. The number of amides is 1. The fourth-order valence-electron chi connectivity index (χ4n) is 3.25. The van der Waals surface area contributed by atoms with Crippen LogP contribution in [0.1, 0.15) is 54.5 Å². The van der Waals surface area contributed by atoms with Crippen molar-refractivity contribution >= 4 is 5.91 Å². The quantitative estimate of drug-likeness (QED) is 0.910. The lowest BCUT2D eigenvalue weighted by Crippen LogP contribution is -2.51. The van der Waals surface area contributed by atoms with Crippen molar-refractivity contribution in [3.63, 3.8) is 0 Å². The first-order chi connectivity index (χ1) is 11.9. The molecule has 0 bridgehead atoms. The van der Waals surface area contributed by atoms with Crippen LogP contribution in [0, 0.1) is 0 Å². The van der Waals surface area contributed by atoms with Crippen LogP contribution in [-0.2, 0) is 13.5 Å². The molecule has 1 amide bonds. The van der Waals surface area contributed by atoms with Crippen molar-refractivity contribution in [2.45, 2.75) is 44.6 Å². The zero-order chi connectivity index (χ0) is 18.0. The number of pyridine rings is 1. The molecular weight excluding hydrogens is 318 g/mol. The van der Waals surface area contributed by atoms with E-state index in [4.69, 9.17) is 0 Å². The molecule has 0 saturated carbocycles. The third-order valence-corrected chi connectivity index (χ3v) is 4.76. The Morgan fingerprint density at radius 3 is 2.80 bits per heavy atom. The molecule has 2 aromatic heterocycles. The summed E-state index contributed by atoms with van der Waals surface area (Å²) in [6.07, 6.45) is 5.05. The van der Waals surface area contributed by atoms with Crippen LogP contribution in [0.3, 0.4) is 0 Å². The lowest BCUT2D eigenvalue weighted by Gasteiger charge is -2.39. The number of β-amino-alcohol motifs (C(OH)–C–C–N with tert-alkyl or cyclic N) is 1. The van der Waals surface area contributed by atoms with E-state index in [1.165, 1.54) is 0 Å². The van der Waals surface area contributed by atoms with Crippen molar-refractivity contribution < 1.29 is 9.90 Å². The van der Waals surface area contributed by atoms with Crippen LogP contribution in [-0.4, -0.2) is 54.4 Å². The Morgan fingerprint density at radius 2 is 2.20 bits per heavy atom. The van der Waals surface area contributed by atoms with Gasteiger partial charge in [-0.3, -0.25) is 9.78 Å². The molecule has 25 heavy (non-hydrogen) atoms. The van der Waals surface area contributed by atoms with Crippen LogP contribution in [0.25, 0.3) is 0 Å². The highest BCUT2D eigenvalue weighted by molar-refractivity contribution is 5.94. The molecule has 7 nitrogen and oxygen atoms in total. The maximum absolute atomic E-state index is 12.8. The minimum atomic E-state index is -0.972. The predicted octanol–water partition coefficient (Wildman–Crippen LogP) is 1.54. The molecule has 1 atom stereocenters. The number of aromatic nitrogens is 4. The predicted molar refractivity (Wildman–Crippen MR) is 93.1 cm³/mol. The van der Waals surface area contributed by atoms with Crippen LogP contribution in [0.15, 0.2) is 24.7 Å². The first-order valence-corrected chi connectivity index (χ1v) is 8.68. The lowest BCUT2D eigenvalue weighted by atomic mass is 9.89. The highest BCUT2D eigenvalue weighted by Crippen LogP contribution is 2.26. The third kappa shape index (κ3) is 3.87. The Balaban J connectivity index is 1.71. The number of likely N-dealkylation sites (tertiary alicyclic amines) is 1. The number of aryl methyl sites for hydroxylation is 1. The van der Waals surface area contributed by atoms with E-state index in [0.717, 1.165) is 17.9 Å². The Kier molecular flexibility index (Phi) is 4.85. The van der Waals surface area contributed by atoms with Gasteiger partial charge in [-0.15, -0.1) is 10.2 Å². The molecule has 1 unspecified atom stereocenters. The molecule has 1 N–H and O–H groups in total. The molecule has 3 heterocycles. The minimum absolute atomic E-state index is 0.0844. The molecule has 1 aliphatic rings. The maximum atomic E-state index is 12.8. The number of hydrogen-bond acceptors (Lipinski definition) is 5. The second-order valence-corrected chi connectivity index (χ2v) is 7.22. The van der Waals surface area contributed by atoms with E-state index in [9.17, 15) is 9.90 Å². The van der Waals surface area contributed by atoms with Crippen LogP contribution in [0.4, 0.5) is 0 Å². The highest BCUT2D eigenvalue weighted by Gasteiger charge is 2.36. The highest BCUT2D eigenvalue weighted by atomic mass is 16.3. The number of aliphatic hydroxyl groups is 1. The molecule has 1 saturated heterocycles. The summed E-state index contributed by atoms with van der Waals surface area (Å²) >= 11 is 0. The summed E-state index contributed by atoms with van der Waals surface area (Å²) in [5.41, 5.74) is 0.557. The molecule has 0 spiro atoms. The first kappa shape index (κ1) is 17.5. The Hall–Kier alpha value is -2.28. The van der Waals surface area contributed by atoms with Crippen molar-refractivity contribution in [3.8, 4) is 0 Å². The molecule has 1 aliphatic heterocycles.